The Labute approximate surface area is 160 Å². The monoisotopic (exact) mass is 363 g/mol. The molecule has 140 valence electrons. The molecule has 3 rings (SSSR count). The summed E-state index contributed by atoms with van der Waals surface area (Å²) in [4.78, 5) is 12.0. The van der Waals surface area contributed by atoms with Gasteiger partial charge in [-0.3, -0.25) is 9.48 Å². The summed E-state index contributed by atoms with van der Waals surface area (Å²) >= 11 is 0. The highest BCUT2D eigenvalue weighted by molar-refractivity contribution is 5.75. The summed E-state index contributed by atoms with van der Waals surface area (Å²) in [5.41, 5.74) is 3.42. The first kappa shape index (κ1) is 18.7. The van der Waals surface area contributed by atoms with Crippen molar-refractivity contribution < 1.29 is 9.53 Å². The fourth-order valence-electron chi connectivity index (χ4n) is 2.84. The summed E-state index contributed by atoms with van der Waals surface area (Å²) in [5, 5.41) is 7.19. The molecule has 0 fully saturated rings. The molecule has 1 aromatic heterocycles. The van der Waals surface area contributed by atoms with E-state index in [1.165, 1.54) is 5.56 Å². The number of rotatable bonds is 9. The summed E-state index contributed by atoms with van der Waals surface area (Å²) in [7, 11) is 0. The number of nitrogens with zero attached hydrogens (tertiary/aromatic N) is 2. The smallest absolute Gasteiger partial charge is 0.220 e. The quantitative estimate of drug-likeness (QED) is 0.590. The van der Waals surface area contributed by atoms with E-state index >= 15 is 0 Å². The van der Waals surface area contributed by atoms with Crippen molar-refractivity contribution in [3.8, 4) is 5.75 Å². The second-order valence-electron chi connectivity index (χ2n) is 6.57. The van der Waals surface area contributed by atoms with Gasteiger partial charge in [-0.1, -0.05) is 36.4 Å². The first-order chi connectivity index (χ1) is 13.2. The van der Waals surface area contributed by atoms with Gasteiger partial charge in [0, 0.05) is 25.4 Å². The van der Waals surface area contributed by atoms with Crippen LogP contribution in [0.2, 0.25) is 0 Å². The third kappa shape index (κ3) is 6.29. The first-order valence-corrected chi connectivity index (χ1v) is 9.20. The molecule has 1 N–H and O–H groups in total. The van der Waals surface area contributed by atoms with Crippen molar-refractivity contribution in [1.29, 1.82) is 0 Å². The molecule has 1 heterocycles. The van der Waals surface area contributed by atoms with Gasteiger partial charge in [-0.15, -0.1) is 0 Å². The van der Waals surface area contributed by atoms with Crippen LogP contribution in [0.3, 0.4) is 0 Å². The third-order valence-electron chi connectivity index (χ3n) is 4.19. The Bertz CT molecular complexity index is 860. The molecule has 0 bridgehead atoms. The van der Waals surface area contributed by atoms with Crippen molar-refractivity contribution in [1.82, 2.24) is 15.1 Å². The van der Waals surface area contributed by atoms with Gasteiger partial charge in [-0.25, -0.2) is 0 Å². The molecule has 0 saturated heterocycles. The minimum Gasteiger partial charge on any atom is -0.494 e. The van der Waals surface area contributed by atoms with E-state index in [4.69, 9.17) is 4.74 Å². The van der Waals surface area contributed by atoms with E-state index in [9.17, 15) is 4.79 Å². The topological polar surface area (TPSA) is 56.1 Å². The van der Waals surface area contributed by atoms with Crippen molar-refractivity contribution >= 4 is 5.91 Å². The summed E-state index contributed by atoms with van der Waals surface area (Å²) in [6, 6.07) is 18.0. The number of ether oxygens (including phenoxy) is 1. The molecule has 0 radical (unpaired) electrons. The van der Waals surface area contributed by atoms with Crippen molar-refractivity contribution in [3.63, 3.8) is 0 Å². The number of nitrogens with one attached hydrogen (secondary N) is 1. The second kappa shape index (κ2) is 9.57. The number of carbonyl (C=O) groups excluding carboxylic acids is 1. The van der Waals surface area contributed by atoms with E-state index in [0.717, 1.165) is 23.4 Å². The van der Waals surface area contributed by atoms with Crippen LogP contribution < -0.4 is 10.1 Å². The van der Waals surface area contributed by atoms with Gasteiger partial charge in [-0.2, -0.15) is 5.10 Å². The first-order valence-electron chi connectivity index (χ1n) is 9.20. The number of aryl methyl sites for hydroxylation is 1. The van der Waals surface area contributed by atoms with Crippen LogP contribution in [-0.2, 0) is 17.9 Å². The number of hydrogen-bond acceptors (Lipinski definition) is 3. The average molecular weight is 363 g/mol. The van der Waals surface area contributed by atoms with E-state index in [1.807, 2.05) is 60.3 Å². The van der Waals surface area contributed by atoms with E-state index in [-0.39, 0.29) is 5.91 Å². The molecule has 5 nitrogen and oxygen atoms in total. The molecule has 0 atom stereocenters. The van der Waals surface area contributed by atoms with Gasteiger partial charge in [0.25, 0.3) is 0 Å². The van der Waals surface area contributed by atoms with Gasteiger partial charge in [0.2, 0.25) is 5.91 Å². The van der Waals surface area contributed by atoms with Crippen LogP contribution in [0.1, 0.15) is 29.5 Å². The Morgan fingerprint density at radius 1 is 1.11 bits per heavy atom. The van der Waals surface area contributed by atoms with Gasteiger partial charge in [0.1, 0.15) is 5.75 Å². The van der Waals surface area contributed by atoms with Gasteiger partial charge in [-0.05, 0) is 48.2 Å². The van der Waals surface area contributed by atoms with Crippen LogP contribution in [0.25, 0.3) is 0 Å². The molecule has 0 unspecified atom stereocenters. The van der Waals surface area contributed by atoms with Crippen LogP contribution in [0, 0.1) is 6.92 Å². The fourth-order valence-corrected chi connectivity index (χ4v) is 2.84. The highest BCUT2D eigenvalue weighted by atomic mass is 16.5. The maximum atomic E-state index is 12.0. The molecule has 1 amide bonds. The zero-order valence-electron chi connectivity index (χ0n) is 15.6. The highest BCUT2D eigenvalue weighted by Crippen LogP contribution is 2.12. The standard InChI is InChI=1S/C22H25N3O2/c1-18-6-2-9-21(14-18)27-13-4-10-22(26)23-16-19-7-3-8-20(15-19)17-25-12-5-11-24-25/h2-3,5-9,11-12,14-15H,4,10,13,16-17H2,1H3,(H,23,26). The lowest BCUT2D eigenvalue weighted by atomic mass is 10.1. The fraction of sp³-hybridized carbons (Fsp3) is 0.273. The minimum atomic E-state index is 0.0420. The molecule has 5 heteroatoms. The molecule has 0 saturated carbocycles. The van der Waals surface area contributed by atoms with Gasteiger partial charge >= 0.3 is 0 Å². The molecule has 2 aromatic carbocycles. The highest BCUT2D eigenvalue weighted by Gasteiger charge is 2.03. The average Bonchev–Trinajstić information content (AvgIpc) is 3.17. The molecular weight excluding hydrogens is 338 g/mol. The predicted molar refractivity (Wildman–Crippen MR) is 106 cm³/mol. The number of hydrogen-bond donors (Lipinski definition) is 1. The SMILES string of the molecule is Cc1cccc(OCCCC(=O)NCc2cccc(Cn3cccn3)c2)c1. The molecule has 0 aliphatic rings. The number of aromatic nitrogens is 2. The molecule has 0 aliphatic carbocycles. The summed E-state index contributed by atoms with van der Waals surface area (Å²) in [6.07, 6.45) is 4.86. The molecular formula is C22H25N3O2. The zero-order chi connectivity index (χ0) is 18.9. The maximum absolute atomic E-state index is 12.0. The van der Waals surface area contributed by atoms with E-state index < -0.39 is 0 Å². The van der Waals surface area contributed by atoms with Crippen LogP contribution in [0.15, 0.2) is 67.0 Å². The Hall–Kier alpha value is -3.08. The van der Waals surface area contributed by atoms with Gasteiger partial charge in [0.05, 0.1) is 13.2 Å². The number of amides is 1. The predicted octanol–water partition coefficient (Wildman–Crippen LogP) is 3.72. The summed E-state index contributed by atoms with van der Waals surface area (Å²) in [6.45, 7) is 3.83. The van der Waals surface area contributed by atoms with Gasteiger partial charge in [0.15, 0.2) is 0 Å². The van der Waals surface area contributed by atoms with Crippen molar-refractivity contribution in [3.05, 3.63) is 83.7 Å². The molecule has 0 spiro atoms. The Morgan fingerprint density at radius 3 is 2.78 bits per heavy atom. The van der Waals surface area contributed by atoms with Crippen LogP contribution in [0.5, 0.6) is 5.75 Å². The minimum absolute atomic E-state index is 0.0420. The summed E-state index contributed by atoms with van der Waals surface area (Å²) in [5.74, 6) is 0.893. The van der Waals surface area contributed by atoms with Crippen LogP contribution >= 0.6 is 0 Å². The lowest BCUT2D eigenvalue weighted by Crippen LogP contribution is -2.23. The third-order valence-corrected chi connectivity index (χ3v) is 4.19. The largest absolute Gasteiger partial charge is 0.494 e. The van der Waals surface area contributed by atoms with Crippen molar-refractivity contribution in [2.45, 2.75) is 32.9 Å². The lowest BCUT2D eigenvalue weighted by molar-refractivity contribution is -0.121. The number of carbonyl (C=O) groups is 1. The van der Waals surface area contributed by atoms with Crippen molar-refractivity contribution in [2.75, 3.05) is 6.61 Å². The van der Waals surface area contributed by atoms with Gasteiger partial charge < -0.3 is 10.1 Å². The second-order valence-corrected chi connectivity index (χ2v) is 6.57. The maximum Gasteiger partial charge on any atom is 0.220 e. The van der Waals surface area contributed by atoms with Crippen molar-refractivity contribution in [2.24, 2.45) is 0 Å². The van der Waals surface area contributed by atoms with E-state index in [1.54, 1.807) is 6.20 Å². The number of benzene rings is 2. The van der Waals surface area contributed by atoms with E-state index in [0.29, 0.717) is 26.0 Å². The van der Waals surface area contributed by atoms with Crippen LogP contribution in [0.4, 0.5) is 0 Å². The van der Waals surface area contributed by atoms with E-state index in [2.05, 4.69) is 22.5 Å². The normalized spacial score (nSPS) is 10.6. The summed E-state index contributed by atoms with van der Waals surface area (Å²) < 4.78 is 7.56. The lowest BCUT2D eigenvalue weighted by Gasteiger charge is -2.09. The Kier molecular flexibility index (Phi) is 6.63. The molecule has 27 heavy (non-hydrogen) atoms. The zero-order valence-corrected chi connectivity index (χ0v) is 15.6. The molecule has 3 aromatic rings. The molecule has 0 aliphatic heterocycles. The Balaban J connectivity index is 1.37. The van der Waals surface area contributed by atoms with Crippen LogP contribution in [-0.4, -0.2) is 22.3 Å². The Morgan fingerprint density at radius 2 is 1.96 bits per heavy atom.